The monoisotopic (exact) mass is 266 g/mol. The average Bonchev–Trinajstić information content (AvgIpc) is 3.03. The van der Waals surface area contributed by atoms with Crippen LogP contribution >= 0.6 is 0 Å². The van der Waals surface area contributed by atoms with Crippen LogP contribution in [0.2, 0.25) is 0 Å². The Hall–Kier alpha value is -3.09. The number of carbonyl (C=O) groups is 1. The molecular formula is C13H10N6O. The van der Waals surface area contributed by atoms with Crippen molar-refractivity contribution in [3.63, 3.8) is 0 Å². The van der Waals surface area contributed by atoms with E-state index >= 15 is 0 Å². The molecule has 0 aromatic carbocycles. The average molecular weight is 266 g/mol. The fraction of sp³-hybridized carbons (Fsp3) is 0. The number of hydrogen-bond donors (Lipinski definition) is 1. The lowest BCUT2D eigenvalue weighted by Crippen LogP contribution is -2.15. The fourth-order valence-electron chi connectivity index (χ4n) is 1.63. The molecule has 0 aliphatic carbocycles. The van der Waals surface area contributed by atoms with Gasteiger partial charge in [-0.05, 0) is 18.2 Å². The number of imidazole rings is 1. The Morgan fingerprint density at radius 1 is 1.15 bits per heavy atom. The Labute approximate surface area is 114 Å². The van der Waals surface area contributed by atoms with Gasteiger partial charge < -0.3 is 5.32 Å². The summed E-state index contributed by atoms with van der Waals surface area (Å²) in [6.07, 6.45) is 7.95. The van der Waals surface area contributed by atoms with Gasteiger partial charge in [-0.25, -0.2) is 19.9 Å². The van der Waals surface area contributed by atoms with Gasteiger partial charge >= 0.3 is 0 Å². The first-order valence-corrected chi connectivity index (χ1v) is 5.86. The SMILES string of the molecule is O=C(Nc1ccncn1)c1cccc(-n2ccnc2)n1. The Balaban J connectivity index is 1.84. The Kier molecular flexibility index (Phi) is 3.15. The summed E-state index contributed by atoms with van der Waals surface area (Å²) >= 11 is 0. The van der Waals surface area contributed by atoms with Crippen molar-refractivity contribution in [2.75, 3.05) is 5.32 Å². The highest BCUT2D eigenvalue weighted by atomic mass is 16.1. The molecule has 7 nitrogen and oxygen atoms in total. The molecule has 98 valence electrons. The van der Waals surface area contributed by atoms with Crippen molar-refractivity contribution in [2.45, 2.75) is 0 Å². The van der Waals surface area contributed by atoms with Gasteiger partial charge in [0, 0.05) is 18.6 Å². The van der Waals surface area contributed by atoms with Crippen LogP contribution in [0.5, 0.6) is 0 Å². The van der Waals surface area contributed by atoms with Gasteiger partial charge in [0.05, 0.1) is 0 Å². The molecule has 0 unspecified atom stereocenters. The Morgan fingerprint density at radius 3 is 2.85 bits per heavy atom. The topological polar surface area (TPSA) is 85.6 Å². The second-order valence-corrected chi connectivity index (χ2v) is 3.90. The van der Waals surface area contributed by atoms with Crippen molar-refractivity contribution >= 4 is 11.7 Å². The van der Waals surface area contributed by atoms with Crippen LogP contribution in [0.4, 0.5) is 5.82 Å². The molecule has 3 aromatic rings. The number of nitrogens with zero attached hydrogens (tertiary/aromatic N) is 5. The minimum atomic E-state index is -0.328. The largest absolute Gasteiger partial charge is 0.305 e. The highest BCUT2D eigenvalue weighted by molar-refractivity contribution is 6.02. The summed E-state index contributed by atoms with van der Waals surface area (Å²) < 4.78 is 1.72. The molecule has 0 atom stereocenters. The number of carbonyl (C=O) groups excluding carboxylic acids is 1. The predicted octanol–water partition coefficient (Wildman–Crippen LogP) is 1.31. The van der Waals surface area contributed by atoms with E-state index in [-0.39, 0.29) is 5.91 Å². The van der Waals surface area contributed by atoms with E-state index in [0.717, 1.165) is 0 Å². The summed E-state index contributed by atoms with van der Waals surface area (Å²) in [5, 5.41) is 2.65. The third kappa shape index (κ3) is 2.51. The first-order valence-electron chi connectivity index (χ1n) is 5.86. The van der Waals surface area contributed by atoms with Crippen LogP contribution in [-0.4, -0.2) is 30.4 Å². The molecule has 0 spiro atoms. The van der Waals surface area contributed by atoms with Crippen LogP contribution in [0.1, 0.15) is 10.5 Å². The summed E-state index contributed by atoms with van der Waals surface area (Å²) in [6, 6.07) is 6.80. The zero-order chi connectivity index (χ0) is 13.8. The maximum atomic E-state index is 12.1. The van der Waals surface area contributed by atoms with E-state index in [4.69, 9.17) is 0 Å². The summed E-state index contributed by atoms with van der Waals surface area (Å²) in [5.74, 6) is 0.725. The van der Waals surface area contributed by atoms with Crippen molar-refractivity contribution in [1.29, 1.82) is 0 Å². The smallest absolute Gasteiger partial charge is 0.275 e. The van der Waals surface area contributed by atoms with E-state index < -0.39 is 0 Å². The van der Waals surface area contributed by atoms with Gasteiger partial charge in [0.15, 0.2) is 0 Å². The number of anilines is 1. The predicted molar refractivity (Wildman–Crippen MR) is 71.3 cm³/mol. The molecule has 3 rings (SSSR count). The summed E-state index contributed by atoms with van der Waals surface area (Å²) in [5.41, 5.74) is 0.301. The first kappa shape index (κ1) is 12.0. The van der Waals surface area contributed by atoms with Crippen molar-refractivity contribution in [2.24, 2.45) is 0 Å². The van der Waals surface area contributed by atoms with Gasteiger partial charge in [-0.2, -0.15) is 0 Å². The second-order valence-electron chi connectivity index (χ2n) is 3.90. The summed E-state index contributed by atoms with van der Waals surface area (Å²) in [7, 11) is 0. The molecule has 20 heavy (non-hydrogen) atoms. The molecule has 1 N–H and O–H groups in total. The molecule has 7 heteroatoms. The third-order valence-electron chi connectivity index (χ3n) is 2.56. The maximum Gasteiger partial charge on any atom is 0.275 e. The molecule has 3 aromatic heterocycles. The minimum absolute atomic E-state index is 0.301. The lowest BCUT2D eigenvalue weighted by atomic mass is 10.3. The minimum Gasteiger partial charge on any atom is -0.305 e. The van der Waals surface area contributed by atoms with Crippen molar-refractivity contribution in [3.05, 3.63) is 61.2 Å². The van der Waals surface area contributed by atoms with Crippen molar-refractivity contribution in [1.82, 2.24) is 24.5 Å². The van der Waals surface area contributed by atoms with Gasteiger partial charge in [0.1, 0.15) is 30.0 Å². The van der Waals surface area contributed by atoms with Crippen LogP contribution in [0.15, 0.2) is 55.5 Å². The van der Waals surface area contributed by atoms with Crippen LogP contribution in [0, 0.1) is 0 Å². The zero-order valence-corrected chi connectivity index (χ0v) is 10.3. The molecule has 3 heterocycles. The number of nitrogens with one attached hydrogen (secondary N) is 1. The van der Waals surface area contributed by atoms with E-state index in [0.29, 0.717) is 17.3 Å². The van der Waals surface area contributed by atoms with Gasteiger partial charge in [-0.1, -0.05) is 6.07 Å². The molecule has 0 bridgehead atoms. The number of pyridine rings is 1. The lowest BCUT2D eigenvalue weighted by Gasteiger charge is -2.05. The molecule has 0 radical (unpaired) electrons. The number of rotatable bonds is 3. The van der Waals surface area contributed by atoms with Crippen LogP contribution < -0.4 is 5.32 Å². The molecule has 0 saturated heterocycles. The Morgan fingerprint density at radius 2 is 2.10 bits per heavy atom. The van der Waals surface area contributed by atoms with Gasteiger partial charge in [0.2, 0.25) is 0 Å². The molecule has 1 amide bonds. The van der Waals surface area contributed by atoms with Gasteiger partial charge in [0.25, 0.3) is 5.91 Å². The molecule has 0 fully saturated rings. The first-order chi connectivity index (χ1) is 9.83. The summed E-state index contributed by atoms with van der Waals surface area (Å²) in [4.78, 5) is 28.0. The molecule has 0 aliphatic rings. The molecule has 0 saturated carbocycles. The van der Waals surface area contributed by atoms with E-state index in [1.54, 1.807) is 53.8 Å². The normalized spacial score (nSPS) is 10.2. The van der Waals surface area contributed by atoms with Crippen LogP contribution in [0.25, 0.3) is 5.82 Å². The van der Waals surface area contributed by atoms with Crippen molar-refractivity contribution in [3.8, 4) is 5.82 Å². The van der Waals surface area contributed by atoms with Crippen LogP contribution in [-0.2, 0) is 0 Å². The highest BCUT2D eigenvalue weighted by Crippen LogP contribution is 2.07. The highest BCUT2D eigenvalue weighted by Gasteiger charge is 2.09. The Bertz CT molecular complexity index is 711. The van der Waals surface area contributed by atoms with Gasteiger partial charge in [-0.15, -0.1) is 0 Å². The van der Waals surface area contributed by atoms with E-state index in [9.17, 15) is 4.79 Å². The van der Waals surface area contributed by atoms with E-state index in [2.05, 4.69) is 25.3 Å². The van der Waals surface area contributed by atoms with Crippen molar-refractivity contribution < 1.29 is 4.79 Å². The quantitative estimate of drug-likeness (QED) is 0.772. The second kappa shape index (κ2) is 5.27. The van der Waals surface area contributed by atoms with E-state index in [1.165, 1.54) is 6.33 Å². The maximum absolute atomic E-state index is 12.1. The number of hydrogen-bond acceptors (Lipinski definition) is 5. The molecule has 0 aliphatic heterocycles. The van der Waals surface area contributed by atoms with Crippen LogP contribution in [0.3, 0.4) is 0 Å². The lowest BCUT2D eigenvalue weighted by molar-refractivity contribution is 0.102. The number of amides is 1. The van der Waals surface area contributed by atoms with E-state index in [1.807, 2.05) is 0 Å². The number of aromatic nitrogens is 5. The zero-order valence-electron chi connectivity index (χ0n) is 10.3. The van der Waals surface area contributed by atoms with Gasteiger partial charge in [-0.3, -0.25) is 9.36 Å². The third-order valence-corrected chi connectivity index (χ3v) is 2.56. The summed E-state index contributed by atoms with van der Waals surface area (Å²) in [6.45, 7) is 0. The standard InChI is InChI=1S/C13H10N6O/c20-13(18-11-4-5-14-8-16-11)10-2-1-3-12(17-10)19-7-6-15-9-19/h1-9H,(H,14,16,18,20). The molecular weight excluding hydrogens is 256 g/mol. The fourth-order valence-corrected chi connectivity index (χ4v) is 1.63.